The Morgan fingerprint density at radius 1 is 1.10 bits per heavy atom. The van der Waals surface area contributed by atoms with Crippen molar-refractivity contribution in [1.29, 1.82) is 0 Å². The lowest BCUT2D eigenvalue weighted by Crippen LogP contribution is -2.12. The molecule has 0 unspecified atom stereocenters. The van der Waals surface area contributed by atoms with Gasteiger partial charge in [0.1, 0.15) is 11.6 Å². The molecule has 2 aromatic rings. The third-order valence-electron chi connectivity index (χ3n) is 3.55. The van der Waals surface area contributed by atoms with Gasteiger partial charge in [-0.25, -0.2) is 9.97 Å². The van der Waals surface area contributed by atoms with Gasteiger partial charge in [-0.1, -0.05) is 12.1 Å². The number of phenolic OH excluding ortho intramolecular Hbond substituents is 1. The molecular weight excluding hydrogens is 274 g/mol. The van der Waals surface area contributed by atoms with E-state index in [2.05, 4.69) is 15.3 Å². The molecule has 0 fully saturated rings. The summed E-state index contributed by atoms with van der Waals surface area (Å²) in [5.74, 6) is 1.11. The number of nitrogens with one attached hydrogen (secondary N) is 1. The fourth-order valence-electron chi connectivity index (χ4n) is 2.51. The highest BCUT2D eigenvalue weighted by molar-refractivity contribution is 6.28. The molecule has 0 radical (unpaired) electrons. The minimum absolute atomic E-state index is 0.274. The van der Waals surface area contributed by atoms with Crippen molar-refractivity contribution in [1.82, 2.24) is 9.97 Å². The second kappa shape index (κ2) is 5.67. The Bertz CT molecular complexity index is 613. The van der Waals surface area contributed by atoms with Gasteiger partial charge in [0.2, 0.25) is 5.28 Å². The van der Waals surface area contributed by atoms with Gasteiger partial charge in [-0.3, -0.25) is 0 Å². The van der Waals surface area contributed by atoms with Gasteiger partial charge in [0, 0.05) is 12.1 Å². The van der Waals surface area contributed by atoms with Gasteiger partial charge in [0.25, 0.3) is 0 Å². The van der Waals surface area contributed by atoms with Crippen molar-refractivity contribution in [2.45, 2.75) is 32.2 Å². The second-order valence-electron chi connectivity index (χ2n) is 4.99. The molecule has 1 aromatic heterocycles. The number of hydrogen-bond donors (Lipinski definition) is 2. The number of aryl methyl sites for hydroxylation is 1. The number of anilines is 1. The van der Waals surface area contributed by atoms with Crippen LogP contribution in [0.15, 0.2) is 24.3 Å². The molecule has 104 valence electrons. The topological polar surface area (TPSA) is 58.0 Å². The number of nitrogens with zero attached hydrogens (tertiary/aromatic N) is 2. The van der Waals surface area contributed by atoms with Crippen LogP contribution < -0.4 is 5.32 Å². The fourth-order valence-corrected chi connectivity index (χ4v) is 2.70. The Morgan fingerprint density at radius 3 is 2.65 bits per heavy atom. The summed E-state index contributed by atoms with van der Waals surface area (Å²) in [5, 5.41) is 12.9. The normalized spacial score (nSPS) is 13.8. The van der Waals surface area contributed by atoms with E-state index in [1.807, 2.05) is 12.1 Å². The Morgan fingerprint density at radius 2 is 1.85 bits per heavy atom. The highest BCUT2D eigenvalue weighted by Gasteiger charge is 2.17. The fraction of sp³-hybridized carbons (Fsp3) is 0.333. The van der Waals surface area contributed by atoms with E-state index in [1.165, 1.54) is 12.0 Å². The minimum atomic E-state index is 0.274. The number of benzene rings is 1. The van der Waals surface area contributed by atoms with Gasteiger partial charge in [-0.05, 0) is 55.0 Å². The van der Waals surface area contributed by atoms with E-state index in [-0.39, 0.29) is 5.75 Å². The maximum Gasteiger partial charge on any atom is 0.224 e. The summed E-state index contributed by atoms with van der Waals surface area (Å²) in [5.41, 5.74) is 3.35. The number of rotatable bonds is 3. The number of fused-ring (bicyclic) bond motifs is 1. The van der Waals surface area contributed by atoms with Gasteiger partial charge >= 0.3 is 0 Å². The van der Waals surface area contributed by atoms with Crippen LogP contribution in [0.4, 0.5) is 5.82 Å². The minimum Gasteiger partial charge on any atom is -0.508 e. The summed E-state index contributed by atoms with van der Waals surface area (Å²) in [6.45, 7) is 0.653. The molecule has 0 amide bonds. The molecule has 1 aliphatic rings. The summed E-state index contributed by atoms with van der Waals surface area (Å²) < 4.78 is 0. The lowest BCUT2D eigenvalue weighted by molar-refractivity contribution is 0.475. The van der Waals surface area contributed by atoms with E-state index in [1.54, 1.807) is 12.1 Å². The summed E-state index contributed by atoms with van der Waals surface area (Å²) in [7, 11) is 0. The van der Waals surface area contributed by atoms with Crippen molar-refractivity contribution in [3.8, 4) is 5.75 Å². The van der Waals surface area contributed by atoms with Crippen LogP contribution in [-0.2, 0) is 19.4 Å². The Labute approximate surface area is 122 Å². The molecule has 0 saturated heterocycles. The van der Waals surface area contributed by atoms with E-state index in [9.17, 15) is 5.11 Å². The van der Waals surface area contributed by atoms with Gasteiger partial charge < -0.3 is 10.4 Å². The number of aromatic hydroxyl groups is 1. The Hall–Kier alpha value is -1.81. The molecule has 2 N–H and O–H groups in total. The van der Waals surface area contributed by atoms with E-state index >= 15 is 0 Å². The first-order chi connectivity index (χ1) is 9.72. The average Bonchev–Trinajstić information content (AvgIpc) is 2.46. The zero-order chi connectivity index (χ0) is 13.9. The summed E-state index contributed by atoms with van der Waals surface area (Å²) in [6, 6.07) is 7.13. The zero-order valence-electron chi connectivity index (χ0n) is 11.1. The lowest BCUT2D eigenvalue weighted by atomic mass is 9.96. The first kappa shape index (κ1) is 13.2. The molecule has 1 heterocycles. The molecule has 0 atom stereocenters. The van der Waals surface area contributed by atoms with Crippen LogP contribution in [0.5, 0.6) is 5.75 Å². The molecule has 0 spiro atoms. The number of aromatic nitrogens is 2. The van der Waals surface area contributed by atoms with Crippen LogP contribution >= 0.6 is 11.6 Å². The van der Waals surface area contributed by atoms with E-state index in [0.29, 0.717) is 11.8 Å². The molecule has 0 aliphatic heterocycles. The quantitative estimate of drug-likeness (QED) is 0.851. The van der Waals surface area contributed by atoms with Crippen molar-refractivity contribution in [2.24, 2.45) is 0 Å². The number of hydrogen-bond acceptors (Lipinski definition) is 4. The van der Waals surface area contributed by atoms with Crippen LogP contribution in [0.3, 0.4) is 0 Å². The lowest BCUT2D eigenvalue weighted by Gasteiger charge is -2.18. The van der Waals surface area contributed by atoms with Gasteiger partial charge in [-0.2, -0.15) is 0 Å². The van der Waals surface area contributed by atoms with Crippen LogP contribution in [-0.4, -0.2) is 15.1 Å². The largest absolute Gasteiger partial charge is 0.508 e. The molecule has 1 aliphatic carbocycles. The van der Waals surface area contributed by atoms with Crippen molar-refractivity contribution in [3.63, 3.8) is 0 Å². The van der Waals surface area contributed by atoms with Crippen molar-refractivity contribution < 1.29 is 5.11 Å². The maximum absolute atomic E-state index is 9.28. The molecule has 4 nitrogen and oxygen atoms in total. The van der Waals surface area contributed by atoms with Gasteiger partial charge in [0.15, 0.2) is 0 Å². The van der Waals surface area contributed by atoms with Crippen molar-refractivity contribution in [3.05, 3.63) is 46.4 Å². The SMILES string of the molecule is Oc1ccc(CNc2nc(Cl)nc3c2CCCC3)cc1. The predicted molar refractivity (Wildman–Crippen MR) is 79.1 cm³/mol. The van der Waals surface area contributed by atoms with Crippen LogP contribution in [0.25, 0.3) is 0 Å². The van der Waals surface area contributed by atoms with Crippen molar-refractivity contribution in [2.75, 3.05) is 5.32 Å². The first-order valence-corrected chi connectivity index (χ1v) is 7.17. The summed E-state index contributed by atoms with van der Waals surface area (Å²) in [6.07, 6.45) is 4.32. The van der Waals surface area contributed by atoms with E-state index in [4.69, 9.17) is 11.6 Å². The molecule has 3 rings (SSSR count). The summed E-state index contributed by atoms with van der Waals surface area (Å²) >= 11 is 5.99. The smallest absolute Gasteiger partial charge is 0.224 e. The number of halogens is 1. The van der Waals surface area contributed by atoms with E-state index < -0.39 is 0 Å². The van der Waals surface area contributed by atoms with Gasteiger partial charge in [-0.15, -0.1) is 0 Å². The molecule has 0 bridgehead atoms. The van der Waals surface area contributed by atoms with Crippen LogP contribution in [0, 0.1) is 0 Å². The van der Waals surface area contributed by atoms with Crippen LogP contribution in [0.2, 0.25) is 5.28 Å². The third-order valence-corrected chi connectivity index (χ3v) is 3.72. The number of phenols is 1. The maximum atomic E-state index is 9.28. The average molecular weight is 290 g/mol. The van der Waals surface area contributed by atoms with Crippen LogP contribution in [0.1, 0.15) is 29.7 Å². The Balaban J connectivity index is 1.80. The van der Waals surface area contributed by atoms with E-state index in [0.717, 1.165) is 36.3 Å². The highest BCUT2D eigenvalue weighted by Crippen LogP contribution is 2.27. The molecule has 0 saturated carbocycles. The first-order valence-electron chi connectivity index (χ1n) is 6.79. The molecular formula is C15H16ClN3O. The summed E-state index contributed by atoms with van der Waals surface area (Å²) in [4.78, 5) is 8.64. The molecule has 1 aromatic carbocycles. The third kappa shape index (κ3) is 2.85. The zero-order valence-corrected chi connectivity index (χ0v) is 11.8. The second-order valence-corrected chi connectivity index (χ2v) is 5.33. The van der Waals surface area contributed by atoms with Crippen molar-refractivity contribution >= 4 is 17.4 Å². The molecule has 20 heavy (non-hydrogen) atoms. The Kier molecular flexibility index (Phi) is 3.74. The molecule has 5 heteroatoms. The monoisotopic (exact) mass is 289 g/mol. The predicted octanol–water partition coefficient (Wildman–Crippen LogP) is 3.33. The standard InChI is InChI=1S/C15H16ClN3O/c16-15-18-13-4-2-1-3-12(13)14(19-15)17-9-10-5-7-11(20)8-6-10/h5-8,20H,1-4,9H2,(H,17,18,19). The van der Waals surface area contributed by atoms with Gasteiger partial charge in [0.05, 0.1) is 5.69 Å². The highest BCUT2D eigenvalue weighted by atomic mass is 35.5.